The van der Waals surface area contributed by atoms with Crippen LogP contribution in [0.3, 0.4) is 0 Å². The molecule has 0 bridgehead atoms. The number of aliphatic hydroxyl groups is 1. The van der Waals surface area contributed by atoms with Gasteiger partial charge < -0.3 is 5.11 Å². The molecule has 0 radical (unpaired) electrons. The number of hydrogen-bond donors (Lipinski definition) is 1. The van der Waals surface area contributed by atoms with E-state index in [1.807, 2.05) is 57.2 Å². The number of nitrogens with zero attached hydrogens (tertiary/aromatic N) is 3. The van der Waals surface area contributed by atoms with Gasteiger partial charge in [0.05, 0.1) is 21.8 Å². The number of rotatable bonds is 3. The Labute approximate surface area is 194 Å². The highest BCUT2D eigenvalue weighted by atomic mass is 32.1. The van der Waals surface area contributed by atoms with Crippen LogP contribution in [-0.4, -0.2) is 26.8 Å². The summed E-state index contributed by atoms with van der Waals surface area (Å²) in [5.74, 6) is -1.62. The first-order valence-corrected chi connectivity index (χ1v) is 11.3. The summed E-state index contributed by atoms with van der Waals surface area (Å²) in [6.45, 7) is 5.77. The molecule has 33 heavy (non-hydrogen) atoms. The van der Waals surface area contributed by atoms with Crippen molar-refractivity contribution in [2.24, 2.45) is 0 Å². The monoisotopic (exact) mass is 455 g/mol. The number of Topliss-reactive ketones (excluding diaryl/α,β-unsaturated/α-hetero) is 1. The Kier molecular flexibility index (Phi) is 5.06. The summed E-state index contributed by atoms with van der Waals surface area (Å²) in [5, 5.41) is 11.7. The molecule has 0 spiro atoms. The van der Waals surface area contributed by atoms with E-state index in [0.29, 0.717) is 16.3 Å². The number of benzene rings is 2. The number of carbonyl (C=O) groups is 2. The van der Waals surface area contributed by atoms with Crippen LogP contribution in [0.5, 0.6) is 0 Å². The maximum Gasteiger partial charge on any atom is 0.301 e. The minimum Gasteiger partial charge on any atom is -0.507 e. The lowest BCUT2D eigenvalue weighted by atomic mass is 9.94. The molecule has 2 aromatic heterocycles. The van der Waals surface area contributed by atoms with Gasteiger partial charge in [0.25, 0.3) is 5.78 Å². The smallest absolute Gasteiger partial charge is 0.301 e. The lowest BCUT2D eigenvalue weighted by molar-refractivity contribution is -0.132. The Hall–Kier alpha value is -3.84. The SMILES string of the molecule is Cc1ccc(C)c(C(O)=C2C(=O)C(=O)N(c3nc4ccc(C)cc4s3)C2c2ccncc2)c1. The first kappa shape index (κ1) is 21.0. The second-order valence-electron chi connectivity index (χ2n) is 8.24. The van der Waals surface area contributed by atoms with Gasteiger partial charge in [-0.05, 0) is 67.8 Å². The zero-order valence-corrected chi connectivity index (χ0v) is 19.2. The Morgan fingerprint density at radius 2 is 1.67 bits per heavy atom. The van der Waals surface area contributed by atoms with Crippen molar-refractivity contribution in [3.63, 3.8) is 0 Å². The fraction of sp³-hybridized carbons (Fsp3) is 0.154. The average Bonchev–Trinajstić information content (AvgIpc) is 3.33. The molecule has 5 rings (SSSR count). The largest absolute Gasteiger partial charge is 0.507 e. The highest BCUT2D eigenvalue weighted by molar-refractivity contribution is 7.22. The predicted molar refractivity (Wildman–Crippen MR) is 129 cm³/mol. The molecule has 1 aliphatic heterocycles. The molecule has 0 aliphatic carbocycles. The average molecular weight is 456 g/mol. The van der Waals surface area contributed by atoms with E-state index in [1.54, 1.807) is 24.5 Å². The van der Waals surface area contributed by atoms with Crippen molar-refractivity contribution in [1.82, 2.24) is 9.97 Å². The number of thiazole rings is 1. The van der Waals surface area contributed by atoms with Crippen LogP contribution in [-0.2, 0) is 9.59 Å². The summed E-state index contributed by atoms with van der Waals surface area (Å²) < 4.78 is 0.926. The molecule has 4 aromatic rings. The van der Waals surface area contributed by atoms with Gasteiger partial charge in [-0.2, -0.15) is 0 Å². The summed E-state index contributed by atoms with van der Waals surface area (Å²) in [4.78, 5) is 36.7. The van der Waals surface area contributed by atoms with Crippen molar-refractivity contribution in [3.8, 4) is 0 Å². The normalized spacial score (nSPS) is 17.8. The molecule has 6 nitrogen and oxygen atoms in total. The van der Waals surface area contributed by atoms with Crippen LogP contribution >= 0.6 is 11.3 Å². The summed E-state index contributed by atoms with van der Waals surface area (Å²) in [7, 11) is 0. The maximum atomic E-state index is 13.3. The third-order valence-corrected chi connectivity index (χ3v) is 6.87. The molecule has 1 aliphatic rings. The molecule has 7 heteroatoms. The van der Waals surface area contributed by atoms with Gasteiger partial charge in [-0.25, -0.2) is 4.98 Å². The number of amides is 1. The van der Waals surface area contributed by atoms with Gasteiger partial charge in [-0.1, -0.05) is 35.1 Å². The van der Waals surface area contributed by atoms with Crippen molar-refractivity contribution in [1.29, 1.82) is 0 Å². The van der Waals surface area contributed by atoms with Gasteiger partial charge in [0.15, 0.2) is 5.13 Å². The van der Waals surface area contributed by atoms with Crippen molar-refractivity contribution in [3.05, 3.63) is 94.3 Å². The quantitative estimate of drug-likeness (QED) is 0.259. The number of aromatic nitrogens is 2. The minimum atomic E-state index is -0.811. The topological polar surface area (TPSA) is 83.4 Å². The number of ketones is 1. The fourth-order valence-corrected chi connectivity index (χ4v) is 5.24. The van der Waals surface area contributed by atoms with E-state index in [2.05, 4.69) is 9.97 Å². The van der Waals surface area contributed by atoms with Crippen LogP contribution < -0.4 is 4.90 Å². The molecule has 1 N–H and O–H groups in total. The molecular weight excluding hydrogens is 434 g/mol. The Morgan fingerprint density at radius 3 is 2.42 bits per heavy atom. The third-order valence-electron chi connectivity index (χ3n) is 5.85. The van der Waals surface area contributed by atoms with E-state index in [0.717, 1.165) is 26.9 Å². The van der Waals surface area contributed by atoms with E-state index in [9.17, 15) is 14.7 Å². The molecule has 3 heterocycles. The number of aliphatic hydroxyl groups excluding tert-OH is 1. The van der Waals surface area contributed by atoms with Crippen molar-refractivity contribution >= 4 is 44.1 Å². The molecule has 1 amide bonds. The lowest BCUT2D eigenvalue weighted by Gasteiger charge is -2.23. The van der Waals surface area contributed by atoms with Crippen molar-refractivity contribution in [2.75, 3.05) is 4.90 Å². The number of hydrogen-bond acceptors (Lipinski definition) is 6. The second-order valence-corrected chi connectivity index (χ2v) is 9.24. The van der Waals surface area contributed by atoms with E-state index in [1.165, 1.54) is 16.2 Å². The van der Waals surface area contributed by atoms with E-state index in [4.69, 9.17) is 0 Å². The Balaban J connectivity index is 1.75. The fourth-order valence-electron chi connectivity index (χ4n) is 4.15. The lowest BCUT2D eigenvalue weighted by Crippen LogP contribution is -2.29. The zero-order chi connectivity index (χ0) is 23.3. The van der Waals surface area contributed by atoms with E-state index in [-0.39, 0.29) is 11.3 Å². The first-order chi connectivity index (χ1) is 15.8. The van der Waals surface area contributed by atoms with Crippen LogP contribution in [0.15, 0.2) is 66.5 Å². The highest BCUT2D eigenvalue weighted by Gasteiger charge is 2.48. The summed E-state index contributed by atoms with van der Waals surface area (Å²) >= 11 is 1.35. The molecule has 1 saturated heterocycles. The molecule has 164 valence electrons. The van der Waals surface area contributed by atoms with Crippen LogP contribution in [0, 0.1) is 20.8 Å². The van der Waals surface area contributed by atoms with E-state index >= 15 is 0 Å². The summed E-state index contributed by atoms with van der Waals surface area (Å²) in [5.41, 5.74) is 4.85. The maximum absolute atomic E-state index is 13.3. The van der Waals surface area contributed by atoms with Gasteiger partial charge in [0, 0.05) is 18.0 Å². The third kappa shape index (κ3) is 3.50. The van der Waals surface area contributed by atoms with Gasteiger partial charge in [-0.3, -0.25) is 19.5 Å². The number of carbonyl (C=O) groups excluding carboxylic acids is 2. The van der Waals surface area contributed by atoms with Crippen LogP contribution in [0.1, 0.15) is 33.9 Å². The summed E-state index contributed by atoms with van der Waals surface area (Å²) in [6, 6.07) is 14.2. The van der Waals surface area contributed by atoms with Crippen LogP contribution in [0.4, 0.5) is 5.13 Å². The number of fused-ring (bicyclic) bond motifs is 1. The molecular formula is C26H21N3O3S. The highest BCUT2D eigenvalue weighted by Crippen LogP contribution is 2.44. The second kappa shape index (κ2) is 7.94. The first-order valence-electron chi connectivity index (χ1n) is 10.5. The van der Waals surface area contributed by atoms with Crippen LogP contribution in [0.25, 0.3) is 16.0 Å². The predicted octanol–water partition coefficient (Wildman–Crippen LogP) is 5.24. The van der Waals surface area contributed by atoms with Crippen molar-refractivity contribution in [2.45, 2.75) is 26.8 Å². The number of aryl methyl sites for hydroxylation is 3. The standard InChI is InChI=1S/C26H21N3O3S/c1-14-4-6-16(3)18(12-14)23(30)21-22(17-8-10-27-11-9-17)29(25(32)24(21)31)26-28-19-7-5-15(2)13-20(19)33-26/h4-13,22,30H,1-3H3. The summed E-state index contributed by atoms with van der Waals surface area (Å²) in [6.07, 6.45) is 3.21. The van der Waals surface area contributed by atoms with E-state index < -0.39 is 17.7 Å². The zero-order valence-electron chi connectivity index (χ0n) is 18.4. The Morgan fingerprint density at radius 1 is 0.970 bits per heavy atom. The minimum absolute atomic E-state index is 0.0512. The van der Waals surface area contributed by atoms with Crippen LogP contribution in [0.2, 0.25) is 0 Å². The molecule has 1 unspecified atom stereocenters. The van der Waals surface area contributed by atoms with Crippen molar-refractivity contribution < 1.29 is 14.7 Å². The van der Waals surface area contributed by atoms with Gasteiger partial charge in [-0.15, -0.1) is 0 Å². The molecule has 1 fully saturated rings. The number of pyridine rings is 1. The molecule has 2 aromatic carbocycles. The Bertz CT molecular complexity index is 1460. The van der Waals surface area contributed by atoms with Gasteiger partial charge in [0.2, 0.25) is 0 Å². The number of anilines is 1. The molecule has 0 saturated carbocycles. The molecule has 1 atom stereocenters. The van der Waals surface area contributed by atoms with Gasteiger partial charge >= 0.3 is 5.91 Å². The van der Waals surface area contributed by atoms with Gasteiger partial charge in [0.1, 0.15) is 5.76 Å².